The van der Waals surface area contributed by atoms with Crippen molar-refractivity contribution in [1.29, 1.82) is 0 Å². The van der Waals surface area contributed by atoms with Gasteiger partial charge in [0.2, 0.25) is 5.91 Å². The quantitative estimate of drug-likeness (QED) is 0.637. The molecule has 1 N–H and O–H groups in total. The number of rotatable bonds is 7. The number of nitrogens with one attached hydrogen (secondary N) is 1. The van der Waals surface area contributed by atoms with E-state index < -0.39 is 11.9 Å². The highest BCUT2D eigenvalue weighted by Gasteiger charge is 2.23. The van der Waals surface area contributed by atoms with E-state index in [-0.39, 0.29) is 24.9 Å². The fraction of sp³-hybridized carbons (Fsp3) is 0.130. The first-order chi connectivity index (χ1) is 13.6. The van der Waals surface area contributed by atoms with Gasteiger partial charge >= 0.3 is 5.97 Å². The molecule has 0 aromatic heterocycles. The van der Waals surface area contributed by atoms with E-state index in [2.05, 4.69) is 5.32 Å². The summed E-state index contributed by atoms with van der Waals surface area (Å²) in [5, 5.41) is 2.65. The monoisotopic (exact) mass is 377 g/mol. The molecule has 0 fully saturated rings. The summed E-state index contributed by atoms with van der Waals surface area (Å²) in [6, 6.07) is 24.5. The van der Waals surface area contributed by atoms with Crippen molar-refractivity contribution in [2.45, 2.75) is 12.5 Å². The molecule has 0 saturated heterocycles. The lowest BCUT2D eigenvalue weighted by molar-refractivity contribution is -0.145. The van der Waals surface area contributed by atoms with E-state index in [1.165, 1.54) is 12.1 Å². The average Bonchev–Trinajstić information content (AvgIpc) is 2.73. The van der Waals surface area contributed by atoms with Gasteiger partial charge in [0.25, 0.3) is 0 Å². The van der Waals surface area contributed by atoms with E-state index in [1.807, 2.05) is 60.7 Å². The molecule has 0 radical (unpaired) electrons. The first kappa shape index (κ1) is 19.3. The lowest BCUT2D eigenvalue weighted by Gasteiger charge is -2.17. The Morgan fingerprint density at radius 2 is 1.36 bits per heavy atom. The Hall–Kier alpha value is -3.47. The lowest BCUT2D eigenvalue weighted by atomic mass is 9.90. The van der Waals surface area contributed by atoms with Crippen LogP contribution in [0, 0.1) is 5.82 Å². The average molecular weight is 377 g/mol. The molecule has 0 heterocycles. The minimum atomic E-state index is -0.558. The Morgan fingerprint density at radius 3 is 1.89 bits per heavy atom. The fourth-order valence-electron chi connectivity index (χ4n) is 2.84. The summed E-state index contributed by atoms with van der Waals surface area (Å²) in [4.78, 5) is 24.8. The van der Waals surface area contributed by atoms with Gasteiger partial charge in [0.05, 0.1) is 5.92 Å². The molecule has 28 heavy (non-hydrogen) atoms. The summed E-state index contributed by atoms with van der Waals surface area (Å²) >= 11 is 0. The highest BCUT2D eigenvalue weighted by atomic mass is 19.1. The number of hydrogen-bond donors (Lipinski definition) is 1. The van der Waals surface area contributed by atoms with Gasteiger partial charge in [-0.3, -0.25) is 9.59 Å². The van der Waals surface area contributed by atoms with Crippen LogP contribution in [0.25, 0.3) is 0 Å². The van der Waals surface area contributed by atoms with E-state index in [0.29, 0.717) is 5.56 Å². The van der Waals surface area contributed by atoms with E-state index in [9.17, 15) is 14.0 Å². The number of hydrogen-bond acceptors (Lipinski definition) is 3. The maximum Gasteiger partial charge on any atom is 0.325 e. The van der Waals surface area contributed by atoms with Crippen LogP contribution in [0.3, 0.4) is 0 Å². The summed E-state index contributed by atoms with van der Waals surface area (Å²) in [5.74, 6) is -1.71. The van der Waals surface area contributed by atoms with Crippen LogP contribution in [-0.2, 0) is 20.9 Å². The van der Waals surface area contributed by atoms with Crippen LogP contribution in [0.15, 0.2) is 84.9 Å². The second kappa shape index (κ2) is 9.46. The Kier molecular flexibility index (Phi) is 6.52. The molecule has 0 aliphatic heterocycles. The van der Waals surface area contributed by atoms with Gasteiger partial charge in [-0.2, -0.15) is 0 Å². The number of carbonyl (C=O) groups excluding carboxylic acids is 2. The van der Waals surface area contributed by atoms with Gasteiger partial charge in [-0.1, -0.05) is 72.8 Å². The predicted molar refractivity (Wildman–Crippen MR) is 104 cm³/mol. The van der Waals surface area contributed by atoms with Crippen LogP contribution < -0.4 is 5.32 Å². The third-order valence-electron chi connectivity index (χ3n) is 4.25. The number of esters is 1. The van der Waals surface area contributed by atoms with Crippen LogP contribution in [0.4, 0.5) is 4.39 Å². The Balaban J connectivity index is 1.60. The summed E-state index contributed by atoms with van der Waals surface area (Å²) in [7, 11) is 0. The van der Waals surface area contributed by atoms with Gasteiger partial charge in [0.1, 0.15) is 19.0 Å². The van der Waals surface area contributed by atoms with Crippen molar-refractivity contribution in [3.05, 3.63) is 107 Å². The summed E-state index contributed by atoms with van der Waals surface area (Å²) in [6.07, 6.45) is 0. The van der Waals surface area contributed by atoms with Crippen molar-refractivity contribution < 1.29 is 18.7 Å². The predicted octanol–water partition coefficient (Wildman–Crippen LogP) is 3.82. The van der Waals surface area contributed by atoms with Gasteiger partial charge in [0, 0.05) is 0 Å². The molecule has 0 spiro atoms. The first-order valence-corrected chi connectivity index (χ1v) is 8.91. The van der Waals surface area contributed by atoms with Crippen molar-refractivity contribution in [2.24, 2.45) is 0 Å². The molecule has 0 unspecified atom stereocenters. The first-order valence-electron chi connectivity index (χ1n) is 8.91. The smallest absolute Gasteiger partial charge is 0.325 e. The zero-order valence-corrected chi connectivity index (χ0v) is 15.2. The molecule has 5 heteroatoms. The second-order valence-corrected chi connectivity index (χ2v) is 6.26. The number of ether oxygens (including phenoxy) is 1. The maximum atomic E-state index is 12.9. The molecular formula is C23H20FNO3. The van der Waals surface area contributed by atoms with E-state index in [0.717, 1.165) is 11.1 Å². The van der Waals surface area contributed by atoms with Gasteiger partial charge in [0.15, 0.2) is 0 Å². The lowest BCUT2D eigenvalue weighted by Crippen LogP contribution is -2.34. The molecule has 142 valence electrons. The highest BCUT2D eigenvalue weighted by Crippen LogP contribution is 2.24. The zero-order valence-electron chi connectivity index (χ0n) is 15.2. The standard InChI is InChI=1S/C23H20FNO3/c24-20-13-11-17(12-14-20)16-28-21(26)15-25-23(27)22(18-7-3-1-4-8-18)19-9-5-2-6-10-19/h1-14,22H,15-16H2,(H,25,27). The van der Waals surface area contributed by atoms with E-state index >= 15 is 0 Å². The Bertz CT molecular complexity index is 872. The second-order valence-electron chi connectivity index (χ2n) is 6.26. The number of amides is 1. The van der Waals surface area contributed by atoms with Gasteiger partial charge < -0.3 is 10.1 Å². The van der Waals surface area contributed by atoms with Gasteiger partial charge in [-0.15, -0.1) is 0 Å². The Labute approximate surface area is 163 Å². The SMILES string of the molecule is O=C(CNC(=O)C(c1ccccc1)c1ccccc1)OCc1ccc(F)cc1. The normalized spacial score (nSPS) is 10.5. The summed E-state index contributed by atoms with van der Waals surface area (Å²) in [6.45, 7) is -0.216. The van der Waals surface area contributed by atoms with Gasteiger partial charge in [-0.25, -0.2) is 4.39 Å². The highest BCUT2D eigenvalue weighted by molar-refractivity contribution is 5.89. The van der Waals surface area contributed by atoms with Crippen molar-refractivity contribution in [3.8, 4) is 0 Å². The fourth-order valence-corrected chi connectivity index (χ4v) is 2.84. The number of carbonyl (C=O) groups is 2. The van der Waals surface area contributed by atoms with Crippen LogP contribution in [0.1, 0.15) is 22.6 Å². The van der Waals surface area contributed by atoms with E-state index in [4.69, 9.17) is 4.74 Å². The summed E-state index contributed by atoms with van der Waals surface area (Å²) in [5.41, 5.74) is 2.35. The molecule has 0 saturated carbocycles. The van der Waals surface area contributed by atoms with Crippen molar-refractivity contribution >= 4 is 11.9 Å². The topological polar surface area (TPSA) is 55.4 Å². The van der Waals surface area contributed by atoms with Crippen molar-refractivity contribution in [1.82, 2.24) is 5.32 Å². The van der Waals surface area contributed by atoms with Crippen LogP contribution >= 0.6 is 0 Å². The molecule has 3 aromatic carbocycles. The molecule has 3 aromatic rings. The molecule has 4 nitrogen and oxygen atoms in total. The van der Waals surface area contributed by atoms with Crippen LogP contribution in [0.5, 0.6) is 0 Å². The van der Waals surface area contributed by atoms with Gasteiger partial charge in [-0.05, 0) is 28.8 Å². The van der Waals surface area contributed by atoms with Crippen molar-refractivity contribution in [3.63, 3.8) is 0 Å². The molecule has 0 aliphatic rings. The minimum absolute atomic E-state index is 0.0236. The molecule has 0 atom stereocenters. The summed E-state index contributed by atoms with van der Waals surface area (Å²) < 4.78 is 18.0. The molecule has 0 bridgehead atoms. The third kappa shape index (κ3) is 5.27. The zero-order chi connectivity index (χ0) is 19.8. The molecule has 3 rings (SSSR count). The minimum Gasteiger partial charge on any atom is -0.460 e. The largest absolute Gasteiger partial charge is 0.460 e. The molecule has 1 amide bonds. The number of benzene rings is 3. The third-order valence-corrected chi connectivity index (χ3v) is 4.25. The molecule has 0 aliphatic carbocycles. The van der Waals surface area contributed by atoms with Crippen LogP contribution in [-0.4, -0.2) is 18.4 Å². The van der Waals surface area contributed by atoms with E-state index in [1.54, 1.807) is 12.1 Å². The molecular weight excluding hydrogens is 357 g/mol. The van der Waals surface area contributed by atoms with Crippen LogP contribution in [0.2, 0.25) is 0 Å². The number of halogens is 1. The Morgan fingerprint density at radius 1 is 0.821 bits per heavy atom. The van der Waals surface area contributed by atoms with Crippen molar-refractivity contribution in [2.75, 3.05) is 6.54 Å². The maximum absolute atomic E-state index is 12.9.